The quantitative estimate of drug-likeness (QED) is 0.470. The molecule has 3 aromatic carbocycles. The van der Waals surface area contributed by atoms with Gasteiger partial charge in [0.1, 0.15) is 6.61 Å². The van der Waals surface area contributed by atoms with Crippen LogP contribution in [-0.2, 0) is 13.2 Å². The number of hydrogen-bond acceptors (Lipinski definition) is 3. The molecule has 0 aliphatic heterocycles. The topological polar surface area (TPSA) is 30.5 Å². The van der Waals surface area contributed by atoms with E-state index in [2.05, 4.69) is 36.5 Å². The van der Waals surface area contributed by atoms with Crippen molar-refractivity contribution in [3.8, 4) is 11.5 Å². The highest BCUT2D eigenvalue weighted by atomic mass is 35.5. The lowest BCUT2D eigenvalue weighted by Crippen LogP contribution is -2.18. The molecule has 0 heterocycles. The Bertz CT molecular complexity index is 869. The summed E-state index contributed by atoms with van der Waals surface area (Å²) in [4.78, 5) is 0. The molecule has 0 aliphatic carbocycles. The molecule has 1 atom stereocenters. The summed E-state index contributed by atoms with van der Waals surface area (Å²) < 4.78 is 11.8. The molecule has 146 valence electrons. The Morgan fingerprint density at radius 3 is 2.25 bits per heavy atom. The predicted octanol–water partition coefficient (Wildman–Crippen LogP) is 6.17. The molecule has 0 saturated heterocycles. The van der Waals surface area contributed by atoms with E-state index in [1.54, 1.807) is 0 Å². The SMILES string of the molecule is CCOc1cc(CNC(C)c2ccccc2)cc(Cl)c1OCc1ccccc1. The van der Waals surface area contributed by atoms with Crippen LogP contribution >= 0.6 is 11.6 Å². The highest BCUT2D eigenvalue weighted by Gasteiger charge is 2.14. The van der Waals surface area contributed by atoms with E-state index in [-0.39, 0.29) is 6.04 Å². The maximum Gasteiger partial charge on any atom is 0.180 e. The summed E-state index contributed by atoms with van der Waals surface area (Å²) in [6.07, 6.45) is 0. The molecule has 3 nitrogen and oxygen atoms in total. The minimum Gasteiger partial charge on any atom is -0.490 e. The zero-order valence-corrected chi connectivity index (χ0v) is 17.1. The number of halogens is 1. The van der Waals surface area contributed by atoms with Gasteiger partial charge in [0.2, 0.25) is 0 Å². The van der Waals surface area contributed by atoms with Crippen LogP contribution in [-0.4, -0.2) is 6.61 Å². The Morgan fingerprint density at radius 1 is 0.893 bits per heavy atom. The smallest absolute Gasteiger partial charge is 0.180 e. The van der Waals surface area contributed by atoms with Gasteiger partial charge >= 0.3 is 0 Å². The fourth-order valence-electron chi connectivity index (χ4n) is 2.99. The maximum atomic E-state index is 6.54. The van der Waals surface area contributed by atoms with Crippen molar-refractivity contribution in [2.75, 3.05) is 6.61 Å². The van der Waals surface area contributed by atoms with Crippen LogP contribution < -0.4 is 14.8 Å². The van der Waals surface area contributed by atoms with E-state index >= 15 is 0 Å². The molecule has 1 unspecified atom stereocenters. The standard InChI is InChI=1S/C24H26ClNO2/c1-3-27-23-15-20(16-26-18(2)21-12-8-5-9-13-21)14-22(25)24(23)28-17-19-10-6-4-7-11-19/h4-15,18,26H,3,16-17H2,1-2H3. The van der Waals surface area contributed by atoms with Gasteiger partial charge in [0.05, 0.1) is 11.6 Å². The van der Waals surface area contributed by atoms with Gasteiger partial charge in [-0.15, -0.1) is 0 Å². The number of benzene rings is 3. The fourth-order valence-corrected chi connectivity index (χ4v) is 3.27. The first-order chi connectivity index (χ1) is 13.7. The first-order valence-electron chi connectivity index (χ1n) is 9.57. The molecular formula is C24H26ClNO2. The van der Waals surface area contributed by atoms with E-state index in [1.165, 1.54) is 5.56 Å². The van der Waals surface area contributed by atoms with Gasteiger partial charge in [0, 0.05) is 12.6 Å². The summed E-state index contributed by atoms with van der Waals surface area (Å²) in [7, 11) is 0. The van der Waals surface area contributed by atoms with Crippen LogP contribution in [0.4, 0.5) is 0 Å². The number of nitrogens with one attached hydrogen (secondary N) is 1. The van der Waals surface area contributed by atoms with Gasteiger partial charge in [-0.05, 0) is 42.7 Å². The molecular weight excluding hydrogens is 370 g/mol. The lowest BCUT2D eigenvalue weighted by Gasteiger charge is -2.17. The Hall–Kier alpha value is -2.49. The lowest BCUT2D eigenvalue weighted by molar-refractivity contribution is 0.269. The van der Waals surface area contributed by atoms with Crippen molar-refractivity contribution >= 4 is 11.6 Å². The summed E-state index contributed by atoms with van der Waals surface area (Å²) in [5.41, 5.74) is 3.40. The average molecular weight is 396 g/mol. The second-order valence-corrected chi connectivity index (χ2v) is 7.03. The van der Waals surface area contributed by atoms with Crippen LogP contribution in [0.5, 0.6) is 11.5 Å². The minimum absolute atomic E-state index is 0.240. The monoisotopic (exact) mass is 395 g/mol. The first kappa shape index (κ1) is 20.2. The molecule has 0 aromatic heterocycles. The summed E-state index contributed by atoms with van der Waals surface area (Å²) >= 11 is 6.54. The largest absolute Gasteiger partial charge is 0.490 e. The van der Waals surface area contributed by atoms with Gasteiger partial charge < -0.3 is 14.8 Å². The number of rotatable bonds is 9. The summed E-state index contributed by atoms with van der Waals surface area (Å²) in [5, 5.41) is 4.10. The van der Waals surface area contributed by atoms with Gasteiger partial charge in [-0.3, -0.25) is 0 Å². The minimum atomic E-state index is 0.240. The zero-order chi connectivity index (χ0) is 19.8. The predicted molar refractivity (Wildman–Crippen MR) is 115 cm³/mol. The van der Waals surface area contributed by atoms with E-state index in [0.717, 1.165) is 11.1 Å². The molecule has 0 radical (unpaired) electrons. The molecule has 0 saturated carbocycles. The Kier molecular flexibility index (Phi) is 7.35. The molecule has 0 amide bonds. The summed E-state index contributed by atoms with van der Waals surface area (Å²) in [5.74, 6) is 1.27. The highest BCUT2D eigenvalue weighted by molar-refractivity contribution is 6.32. The van der Waals surface area contributed by atoms with Crippen LogP contribution in [0.1, 0.15) is 36.6 Å². The Balaban J connectivity index is 1.71. The second-order valence-electron chi connectivity index (χ2n) is 6.63. The molecule has 0 fully saturated rings. The van der Waals surface area contributed by atoms with Crippen molar-refractivity contribution in [1.82, 2.24) is 5.32 Å². The van der Waals surface area contributed by atoms with Crippen LogP contribution in [0.15, 0.2) is 72.8 Å². The molecule has 28 heavy (non-hydrogen) atoms. The highest BCUT2D eigenvalue weighted by Crippen LogP contribution is 2.37. The molecule has 0 aliphatic rings. The van der Waals surface area contributed by atoms with Crippen molar-refractivity contribution in [2.24, 2.45) is 0 Å². The third-order valence-corrected chi connectivity index (χ3v) is 4.79. The first-order valence-corrected chi connectivity index (χ1v) is 9.95. The zero-order valence-electron chi connectivity index (χ0n) is 16.3. The molecule has 1 N–H and O–H groups in total. The van der Waals surface area contributed by atoms with E-state index in [4.69, 9.17) is 21.1 Å². The Morgan fingerprint density at radius 2 is 1.57 bits per heavy atom. The normalized spacial score (nSPS) is 11.8. The van der Waals surface area contributed by atoms with Crippen molar-refractivity contribution < 1.29 is 9.47 Å². The summed E-state index contributed by atoms with van der Waals surface area (Å²) in [6, 6.07) is 24.6. The molecule has 0 bridgehead atoms. The van der Waals surface area contributed by atoms with Crippen molar-refractivity contribution in [1.29, 1.82) is 0 Å². The van der Waals surface area contributed by atoms with Crippen LogP contribution in [0, 0.1) is 0 Å². The van der Waals surface area contributed by atoms with E-state index in [0.29, 0.717) is 36.3 Å². The lowest BCUT2D eigenvalue weighted by atomic mass is 10.1. The van der Waals surface area contributed by atoms with Crippen molar-refractivity contribution in [3.63, 3.8) is 0 Å². The molecule has 3 aromatic rings. The summed E-state index contributed by atoms with van der Waals surface area (Å²) in [6.45, 7) is 5.79. The Labute approximate surface area is 172 Å². The van der Waals surface area contributed by atoms with E-state index < -0.39 is 0 Å². The average Bonchev–Trinajstić information content (AvgIpc) is 2.73. The van der Waals surface area contributed by atoms with Crippen LogP contribution in [0.3, 0.4) is 0 Å². The van der Waals surface area contributed by atoms with Crippen molar-refractivity contribution in [3.05, 3.63) is 94.5 Å². The van der Waals surface area contributed by atoms with Gasteiger partial charge in [-0.1, -0.05) is 72.3 Å². The van der Waals surface area contributed by atoms with Gasteiger partial charge in [0.15, 0.2) is 11.5 Å². The molecule has 3 rings (SSSR count). The van der Waals surface area contributed by atoms with Gasteiger partial charge in [0.25, 0.3) is 0 Å². The molecule has 4 heteroatoms. The number of ether oxygens (including phenoxy) is 2. The second kappa shape index (κ2) is 10.2. The van der Waals surface area contributed by atoms with Crippen LogP contribution in [0.25, 0.3) is 0 Å². The van der Waals surface area contributed by atoms with Crippen molar-refractivity contribution in [2.45, 2.75) is 33.0 Å². The van der Waals surface area contributed by atoms with Crippen LogP contribution in [0.2, 0.25) is 5.02 Å². The van der Waals surface area contributed by atoms with E-state index in [9.17, 15) is 0 Å². The van der Waals surface area contributed by atoms with E-state index in [1.807, 2.05) is 55.5 Å². The third-order valence-electron chi connectivity index (χ3n) is 4.51. The molecule has 0 spiro atoms. The maximum absolute atomic E-state index is 6.54. The van der Waals surface area contributed by atoms with Gasteiger partial charge in [-0.25, -0.2) is 0 Å². The fraction of sp³-hybridized carbons (Fsp3) is 0.250. The van der Waals surface area contributed by atoms with Gasteiger partial charge in [-0.2, -0.15) is 0 Å². The number of hydrogen-bond donors (Lipinski definition) is 1. The third kappa shape index (κ3) is 5.51.